The SMILES string of the molecule is CC(C)(C)c1cc(NCCO)cc(C(C)(C)C)c1. The van der Waals surface area contributed by atoms with Crippen LogP contribution in [0.5, 0.6) is 0 Å². The van der Waals surface area contributed by atoms with E-state index in [0.29, 0.717) is 6.54 Å². The Labute approximate surface area is 111 Å². The highest BCUT2D eigenvalue weighted by atomic mass is 16.3. The summed E-state index contributed by atoms with van der Waals surface area (Å²) >= 11 is 0. The molecule has 0 spiro atoms. The number of rotatable bonds is 3. The lowest BCUT2D eigenvalue weighted by Gasteiger charge is -2.26. The first-order valence-corrected chi connectivity index (χ1v) is 6.65. The highest BCUT2D eigenvalue weighted by Gasteiger charge is 2.20. The molecule has 0 saturated heterocycles. The normalized spacial score (nSPS) is 12.6. The summed E-state index contributed by atoms with van der Waals surface area (Å²) in [5.74, 6) is 0. The summed E-state index contributed by atoms with van der Waals surface area (Å²) in [6, 6.07) is 6.67. The van der Waals surface area contributed by atoms with E-state index in [4.69, 9.17) is 5.11 Å². The molecule has 1 rings (SSSR count). The standard InChI is InChI=1S/C16H27NO/c1-15(2,3)12-9-13(16(4,5)6)11-14(10-12)17-7-8-18/h9-11,17-18H,7-8H2,1-6H3. The second-order valence-electron chi connectivity index (χ2n) is 6.95. The van der Waals surface area contributed by atoms with Crippen LogP contribution in [0.1, 0.15) is 52.7 Å². The van der Waals surface area contributed by atoms with Crippen molar-refractivity contribution >= 4 is 5.69 Å². The van der Waals surface area contributed by atoms with E-state index in [1.807, 2.05) is 0 Å². The molecule has 1 aromatic carbocycles. The van der Waals surface area contributed by atoms with Gasteiger partial charge in [-0.05, 0) is 34.1 Å². The summed E-state index contributed by atoms with van der Waals surface area (Å²) in [6.45, 7) is 14.1. The zero-order valence-corrected chi connectivity index (χ0v) is 12.6. The number of aliphatic hydroxyl groups excluding tert-OH is 1. The Morgan fingerprint density at radius 2 is 1.33 bits per heavy atom. The summed E-state index contributed by atoms with van der Waals surface area (Å²) in [6.07, 6.45) is 0. The molecule has 0 radical (unpaired) electrons. The summed E-state index contributed by atoms with van der Waals surface area (Å²) in [7, 11) is 0. The molecular weight excluding hydrogens is 222 g/mol. The second-order valence-corrected chi connectivity index (χ2v) is 6.95. The number of aliphatic hydroxyl groups is 1. The second kappa shape index (κ2) is 5.31. The summed E-state index contributed by atoms with van der Waals surface area (Å²) in [5, 5.41) is 12.2. The van der Waals surface area contributed by atoms with Gasteiger partial charge in [-0.3, -0.25) is 0 Å². The van der Waals surface area contributed by atoms with Crippen LogP contribution < -0.4 is 5.32 Å². The highest BCUT2D eigenvalue weighted by Crippen LogP contribution is 2.31. The van der Waals surface area contributed by atoms with E-state index in [-0.39, 0.29) is 17.4 Å². The van der Waals surface area contributed by atoms with Crippen LogP contribution in [0.4, 0.5) is 5.69 Å². The maximum atomic E-state index is 8.92. The first-order valence-electron chi connectivity index (χ1n) is 6.65. The topological polar surface area (TPSA) is 32.3 Å². The van der Waals surface area contributed by atoms with Crippen LogP contribution in [-0.2, 0) is 10.8 Å². The van der Waals surface area contributed by atoms with Gasteiger partial charge in [-0.25, -0.2) is 0 Å². The van der Waals surface area contributed by atoms with Crippen LogP contribution in [0.15, 0.2) is 18.2 Å². The number of nitrogens with one attached hydrogen (secondary N) is 1. The maximum absolute atomic E-state index is 8.92. The number of benzene rings is 1. The van der Waals surface area contributed by atoms with E-state index >= 15 is 0 Å². The van der Waals surface area contributed by atoms with Gasteiger partial charge in [0.2, 0.25) is 0 Å². The van der Waals surface area contributed by atoms with Crippen molar-refractivity contribution in [2.45, 2.75) is 52.4 Å². The highest BCUT2D eigenvalue weighted by molar-refractivity contribution is 5.52. The van der Waals surface area contributed by atoms with Crippen molar-refractivity contribution in [1.82, 2.24) is 0 Å². The Bertz CT molecular complexity index is 364. The van der Waals surface area contributed by atoms with Crippen LogP contribution in [0.2, 0.25) is 0 Å². The third-order valence-corrected chi connectivity index (χ3v) is 3.11. The molecule has 0 aliphatic heterocycles. The average Bonchev–Trinajstić information content (AvgIpc) is 2.23. The maximum Gasteiger partial charge on any atom is 0.0604 e. The molecule has 18 heavy (non-hydrogen) atoms. The lowest BCUT2D eigenvalue weighted by atomic mass is 9.80. The quantitative estimate of drug-likeness (QED) is 0.856. The van der Waals surface area contributed by atoms with Crippen molar-refractivity contribution < 1.29 is 5.11 Å². The van der Waals surface area contributed by atoms with Gasteiger partial charge in [-0.1, -0.05) is 47.6 Å². The van der Waals surface area contributed by atoms with Gasteiger partial charge < -0.3 is 10.4 Å². The molecule has 0 aliphatic rings. The zero-order chi connectivity index (χ0) is 14.0. The Hall–Kier alpha value is -1.02. The Morgan fingerprint density at radius 1 is 0.889 bits per heavy atom. The van der Waals surface area contributed by atoms with Crippen LogP contribution in [0.3, 0.4) is 0 Å². The van der Waals surface area contributed by atoms with Gasteiger partial charge in [-0.15, -0.1) is 0 Å². The molecule has 0 saturated carbocycles. The largest absolute Gasteiger partial charge is 0.395 e. The van der Waals surface area contributed by atoms with Gasteiger partial charge in [0.1, 0.15) is 0 Å². The summed E-state index contributed by atoms with van der Waals surface area (Å²) in [5.41, 5.74) is 4.03. The fourth-order valence-corrected chi connectivity index (χ4v) is 1.80. The molecule has 0 bridgehead atoms. The van der Waals surface area contributed by atoms with Gasteiger partial charge in [0.25, 0.3) is 0 Å². The van der Waals surface area contributed by atoms with Crippen molar-refractivity contribution in [3.8, 4) is 0 Å². The van der Waals surface area contributed by atoms with Gasteiger partial charge in [0.15, 0.2) is 0 Å². The zero-order valence-electron chi connectivity index (χ0n) is 12.6. The van der Waals surface area contributed by atoms with E-state index in [0.717, 1.165) is 5.69 Å². The molecule has 0 aliphatic carbocycles. The van der Waals surface area contributed by atoms with Gasteiger partial charge in [0, 0.05) is 12.2 Å². The first kappa shape index (κ1) is 15.0. The van der Waals surface area contributed by atoms with E-state index in [1.54, 1.807) is 0 Å². The van der Waals surface area contributed by atoms with Crippen LogP contribution >= 0.6 is 0 Å². The Balaban J connectivity index is 3.21. The smallest absolute Gasteiger partial charge is 0.0604 e. The van der Waals surface area contributed by atoms with Crippen molar-refractivity contribution in [2.24, 2.45) is 0 Å². The molecule has 2 nitrogen and oxygen atoms in total. The van der Waals surface area contributed by atoms with Crippen molar-refractivity contribution in [3.63, 3.8) is 0 Å². The number of anilines is 1. The van der Waals surface area contributed by atoms with Crippen LogP contribution in [-0.4, -0.2) is 18.3 Å². The minimum absolute atomic E-state index is 0.136. The molecule has 0 aromatic heterocycles. The van der Waals surface area contributed by atoms with Gasteiger partial charge in [-0.2, -0.15) is 0 Å². The number of hydrogen-bond donors (Lipinski definition) is 2. The number of hydrogen-bond acceptors (Lipinski definition) is 2. The molecule has 0 fully saturated rings. The van der Waals surface area contributed by atoms with Crippen LogP contribution in [0.25, 0.3) is 0 Å². The van der Waals surface area contributed by atoms with E-state index in [1.165, 1.54) is 11.1 Å². The molecule has 0 atom stereocenters. The fourth-order valence-electron chi connectivity index (χ4n) is 1.80. The summed E-state index contributed by atoms with van der Waals surface area (Å²) < 4.78 is 0. The molecule has 0 unspecified atom stereocenters. The molecule has 1 aromatic rings. The van der Waals surface area contributed by atoms with Crippen LogP contribution in [0, 0.1) is 0 Å². The van der Waals surface area contributed by atoms with Crippen molar-refractivity contribution in [2.75, 3.05) is 18.5 Å². The fraction of sp³-hybridized carbons (Fsp3) is 0.625. The van der Waals surface area contributed by atoms with E-state index < -0.39 is 0 Å². The molecule has 2 heteroatoms. The minimum Gasteiger partial charge on any atom is -0.395 e. The van der Waals surface area contributed by atoms with E-state index in [2.05, 4.69) is 65.1 Å². The Kier molecular flexibility index (Phi) is 4.44. The molecule has 2 N–H and O–H groups in total. The lowest BCUT2D eigenvalue weighted by molar-refractivity contribution is 0.311. The average molecular weight is 249 g/mol. The lowest BCUT2D eigenvalue weighted by Crippen LogP contribution is -2.17. The van der Waals surface area contributed by atoms with Crippen molar-refractivity contribution in [3.05, 3.63) is 29.3 Å². The molecule has 102 valence electrons. The third-order valence-electron chi connectivity index (χ3n) is 3.11. The predicted molar refractivity (Wildman–Crippen MR) is 79.4 cm³/mol. The van der Waals surface area contributed by atoms with Gasteiger partial charge in [0.05, 0.1) is 6.61 Å². The monoisotopic (exact) mass is 249 g/mol. The van der Waals surface area contributed by atoms with Crippen molar-refractivity contribution in [1.29, 1.82) is 0 Å². The third kappa shape index (κ3) is 4.02. The summed E-state index contributed by atoms with van der Waals surface area (Å²) in [4.78, 5) is 0. The predicted octanol–water partition coefficient (Wildman–Crippen LogP) is 3.69. The van der Waals surface area contributed by atoms with Gasteiger partial charge >= 0.3 is 0 Å². The molecular formula is C16H27NO. The van der Waals surface area contributed by atoms with E-state index in [9.17, 15) is 0 Å². The Morgan fingerprint density at radius 3 is 1.67 bits per heavy atom. The molecule has 0 amide bonds. The first-order chi connectivity index (χ1) is 8.14. The molecule has 0 heterocycles. The minimum atomic E-state index is 0.136.